The molecule has 0 spiro atoms. The van der Waals surface area contributed by atoms with Gasteiger partial charge in [-0.15, -0.1) is 0 Å². The Kier molecular flexibility index (Phi) is 8.24. The number of nitrogens with zero attached hydrogens (tertiary/aromatic N) is 2. The minimum absolute atomic E-state index is 0.00761. The van der Waals surface area contributed by atoms with E-state index in [-0.39, 0.29) is 23.8 Å². The zero-order valence-corrected chi connectivity index (χ0v) is 18.9. The molecule has 1 aliphatic heterocycles. The second-order valence-electron chi connectivity index (χ2n) is 8.45. The lowest BCUT2D eigenvalue weighted by molar-refractivity contribution is -0.156. The lowest BCUT2D eigenvalue weighted by Gasteiger charge is -2.42. The summed E-state index contributed by atoms with van der Waals surface area (Å²) in [4.78, 5) is 29.9. The van der Waals surface area contributed by atoms with Gasteiger partial charge in [-0.25, -0.2) is 4.79 Å². The molecule has 1 saturated heterocycles. The topological polar surface area (TPSA) is 49.9 Å². The summed E-state index contributed by atoms with van der Waals surface area (Å²) in [6, 6.07) is 20.0. The van der Waals surface area contributed by atoms with Crippen molar-refractivity contribution in [2.24, 2.45) is 0 Å². The summed E-state index contributed by atoms with van der Waals surface area (Å²) in [5.41, 5.74) is 2.31. The number of benzene rings is 2. The molecule has 5 nitrogen and oxygen atoms in total. The fraction of sp³-hybridized carbons (Fsp3) is 0.462. The number of rotatable bonds is 8. The Balaban J connectivity index is 1.61. The Morgan fingerprint density at radius 2 is 1.74 bits per heavy atom. The standard InChI is InChI=1S/C26H34N2O3/c1-20(22-14-8-5-9-15-22)25(29)28-18-16-23(19-24(28)26(30)31-3)27(2)17-10-13-21-11-6-4-7-12-21/h4-9,11-12,14-15,20,23-24H,10,13,16-19H2,1-3H3/t20?,23-,24+/m1/s1. The number of carbonyl (C=O) groups excluding carboxylic acids is 2. The van der Waals surface area contributed by atoms with E-state index in [4.69, 9.17) is 4.74 Å². The molecule has 1 fully saturated rings. The summed E-state index contributed by atoms with van der Waals surface area (Å²) >= 11 is 0. The van der Waals surface area contributed by atoms with Gasteiger partial charge < -0.3 is 14.5 Å². The average molecular weight is 423 g/mol. The van der Waals surface area contributed by atoms with E-state index in [9.17, 15) is 9.59 Å². The van der Waals surface area contributed by atoms with Crippen molar-refractivity contribution in [2.45, 2.75) is 50.6 Å². The van der Waals surface area contributed by atoms with Gasteiger partial charge in [0, 0.05) is 12.6 Å². The number of hydrogen-bond donors (Lipinski definition) is 0. The van der Waals surface area contributed by atoms with Crippen molar-refractivity contribution in [1.29, 1.82) is 0 Å². The van der Waals surface area contributed by atoms with E-state index < -0.39 is 6.04 Å². The fourth-order valence-electron chi connectivity index (χ4n) is 4.46. The van der Waals surface area contributed by atoms with Crippen molar-refractivity contribution in [2.75, 3.05) is 27.2 Å². The van der Waals surface area contributed by atoms with Gasteiger partial charge >= 0.3 is 5.97 Å². The first-order valence-corrected chi connectivity index (χ1v) is 11.2. The van der Waals surface area contributed by atoms with E-state index in [0.29, 0.717) is 13.0 Å². The summed E-state index contributed by atoms with van der Waals surface area (Å²) in [5, 5.41) is 0. The van der Waals surface area contributed by atoms with Crippen LogP contribution in [0.2, 0.25) is 0 Å². The number of piperidine rings is 1. The molecule has 166 valence electrons. The maximum Gasteiger partial charge on any atom is 0.328 e. The van der Waals surface area contributed by atoms with Crippen LogP contribution in [0.25, 0.3) is 0 Å². The Morgan fingerprint density at radius 3 is 2.39 bits per heavy atom. The smallest absolute Gasteiger partial charge is 0.328 e. The second kappa shape index (κ2) is 11.1. The molecule has 0 aromatic heterocycles. The first-order valence-electron chi connectivity index (χ1n) is 11.2. The van der Waals surface area contributed by atoms with Crippen molar-refractivity contribution in [3.05, 3.63) is 71.8 Å². The predicted molar refractivity (Wildman–Crippen MR) is 123 cm³/mol. The van der Waals surface area contributed by atoms with Crippen LogP contribution in [0.4, 0.5) is 0 Å². The molecule has 5 heteroatoms. The summed E-state index contributed by atoms with van der Waals surface area (Å²) in [6.07, 6.45) is 3.58. The number of esters is 1. The highest BCUT2D eigenvalue weighted by Gasteiger charge is 2.39. The quantitative estimate of drug-likeness (QED) is 0.606. The van der Waals surface area contributed by atoms with E-state index in [0.717, 1.165) is 31.4 Å². The molecule has 0 bridgehead atoms. The van der Waals surface area contributed by atoms with Gasteiger partial charge in [-0.3, -0.25) is 4.79 Å². The number of likely N-dealkylation sites (tertiary alicyclic amines) is 1. The highest BCUT2D eigenvalue weighted by Crippen LogP contribution is 2.27. The molecule has 1 aliphatic rings. The molecule has 1 heterocycles. The van der Waals surface area contributed by atoms with E-state index in [1.807, 2.05) is 43.3 Å². The first kappa shape index (κ1) is 23.0. The van der Waals surface area contributed by atoms with Gasteiger partial charge in [-0.2, -0.15) is 0 Å². The number of hydrogen-bond acceptors (Lipinski definition) is 4. The van der Waals surface area contributed by atoms with Gasteiger partial charge in [0.1, 0.15) is 6.04 Å². The van der Waals surface area contributed by atoms with Gasteiger partial charge in [0.25, 0.3) is 0 Å². The first-order chi connectivity index (χ1) is 15.0. The molecule has 0 N–H and O–H groups in total. The molecule has 0 aliphatic carbocycles. The van der Waals surface area contributed by atoms with Gasteiger partial charge in [0.15, 0.2) is 0 Å². The fourth-order valence-corrected chi connectivity index (χ4v) is 4.46. The largest absolute Gasteiger partial charge is 0.467 e. The van der Waals surface area contributed by atoms with Crippen LogP contribution in [0.5, 0.6) is 0 Å². The van der Waals surface area contributed by atoms with Gasteiger partial charge in [0.05, 0.1) is 13.0 Å². The molecule has 3 rings (SSSR count). The highest BCUT2D eigenvalue weighted by atomic mass is 16.5. The molecule has 1 unspecified atom stereocenters. The molecule has 0 saturated carbocycles. The third kappa shape index (κ3) is 5.95. The summed E-state index contributed by atoms with van der Waals surface area (Å²) < 4.78 is 5.07. The van der Waals surface area contributed by atoms with Crippen LogP contribution in [-0.2, 0) is 20.7 Å². The average Bonchev–Trinajstić information content (AvgIpc) is 2.83. The predicted octanol–water partition coefficient (Wildman–Crippen LogP) is 3.89. The highest BCUT2D eigenvalue weighted by molar-refractivity contribution is 5.88. The van der Waals surface area contributed by atoms with Gasteiger partial charge in [-0.1, -0.05) is 60.7 Å². The van der Waals surface area contributed by atoms with Crippen LogP contribution >= 0.6 is 0 Å². The molecule has 2 aromatic rings. The summed E-state index contributed by atoms with van der Waals surface area (Å²) in [5.74, 6) is -0.615. The van der Waals surface area contributed by atoms with Crippen LogP contribution in [0, 0.1) is 0 Å². The molecule has 1 amide bonds. The van der Waals surface area contributed by atoms with E-state index >= 15 is 0 Å². The molecule has 3 atom stereocenters. The lowest BCUT2D eigenvalue weighted by Crippen LogP contribution is -2.55. The Bertz CT molecular complexity index is 840. The monoisotopic (exact) mass is 422 g/mol. The van der Waals surface area contributed by atoms with Crippen LogP contribution < -0.4 is 0 Å². The zero-order chi connectivity index (χ0) is 22.2. The number of methoxy groups -OCH3 is 1. The number of carbonyl (C=O) groups is 2. The normalized spacial score (nSPS) is 19.8. The van der Waals surface area contributed by atoms with E-state index in [1.54, 1.807) is 4.90 Å². The Labute approximate surface area is 186 Å². The summed E-state index contributed by atoms with van der Waals surface area (Å²) in [6.45, 7) is 3.44. The summed E-state index contributed by atoms with van der Waals surface area (Å²) in [7, 11) is 3.52. The third-order valence-electron chi connectivity index (χ3n) is 6.44. The molecular formula is C26H34N2O3. The van der Waals surface area contributed by atoms with Gasteiger partial charge in [-0.05, 0) is 57.3 Å². The van der Waals surface area contributed by atoms with Crippen LogP contribution in [-0.4, -0.2) is 61.0 Å². The SMILES string of the molecule is COC(=O)[C@@H]1C[C@H](N(C)CCCc2ccccc2)CCN1C(=O)C(C)c1ccccc1. The number of amides is 1. The van der Waals surface area contributed by atoms with E-state index in [1.165, 1.54) is 12.7 Å². The van der Waals surface area contributed by atoms with E-state index in [2.05, 4.69) is 36.2 Å². The maximum absolute atomic E-state index is 13.2. The zero-order valence-electron chi connectivity index (χ0n) is 18.9. The molecular weight excluding hydrogens is 388 g/mol. The van der Waals surface area contributed by atoms with Crippen molar-refractivity contribution in [3.63, 3.8) is 0 Å². The van der Waals surface area contributed by atoms with Crippen molar-refractivity contribution in [3.8, 4) is 0 Å². The lowest BCUT2D eigenvalue weighted by atomic mass is 9.92. The minimum atomic E-state index is -0.529. The van der Waals surface area contributed by atoms with Crippen LogP contribution in [0.1, 0.15) is 43.2 Å². The second-order valence-corrected chi connectivity index (χ2v) is 8.45. The van der Waals surface area contributed by atoms with Gasteiger partial charge in [0.2, 0.25) is 5.91 Å². The third-order valence-corrected chi connectivity index (χ3v) is 6.44. The molecule has 31 heavy (non-hydrogen) atoms. The molecule has 0 radical (unpaired) electrons. The minimum Gasteiger partial charge on any atom is -0.467 e. The maximum atomic E-state index is 13.2. The number of ether oxygens (including phenoxy) is 1. The van der Waals surface area contributed by atoms with Crippen molar-refractivity contribution < 1.29 is 14.3 Å². The van der Waals surface area contributed by atoms with Crippen LogP contribution in [0.15, 0.2) is 60.7 Å². The Morgan fingerprint density at radius 1 is 1.10 bits per heavy atom. The van der Waals surface area contributed by atoms with Crippen molar-refractivity contribution >= 4 is 11.9 Å². The van der Waals surface area contributed by atoms with Crippen LogP contribution in [0.3, 0.4) is 0 Å². The Hall–Kier alpha value is -2.66. The molecule has 2 aromatic carbocycles. The van der Waals surface area contributed by atoms with Crippen molar-refractivity contribution in [1.82, 2.24) is 9.80 Å². The number of aryl methyl sites for hydroxylation is 1.